The summed E-state index contributed by atoms with van der Waals surface area (Å²) in [5, 5.41) is 12.3. The predicted molar refractivity (Wildman–Crippen MR) is 75.2 cm³/mol. The summed E-state index contributed by atoms with van der Waals surface area (Å²) in [7, 11) is 0. The van der Waals surface area contributed by atoms with Gasteiger partial charge in [-0.3, -0.25) is 0 Å². The number of aromatic nitrogens is 3. The fourth-order valence-corrected chi connectivity index (χ4v) is 1.98. The topological polar surface area (TPSA) is 52.3 Å². The molecule has 0 aliphatic carbocycles. The summed E-state index contributed by atoms with van der Waals surface area (Å²) in [4.78, 5) is 0. The highest BCUT2D eigenvalue weighted by molar-refractivity contribution is 6.37. The molecule has 0 aliphatic heterocycles. The molecular formula is C12H12Cl2N4O. The van der Waals surface area contributed by atoms with E-state index in [1.165, 1.54) is 17.3 Å². The fourth-order valence-electron chi connectivity index (χ4n) is 1.39. The average Bonchev–Trinajstić information content (AvgIpc) is 2.84. The van der Waals surface area contributed by atoms with Gasteiger partial charge in [0.2, 0.25) is 0 Å². The van der Waals surface area contributed by atoms with Crippen LogP contribution in [0.4, 0.5) is 0 Å². The number of halogens is 2. The Labute approximate surface area is 120 Å². The summed E-state index contributed by atoms with van der Waals surface area (Å²) < 4.78 is 7.02. The van der Waals surface area contributed by atoms with E-state index in [1.807, 2.05) is 13.8 Å². The standard InChI is InChI=1S/C12H12Cl2N4O/c1-8(2)19-12-10(13)3-9(4-11(12)14)5-17-18-6-15-16-7-18/h3-8H,1-2H3/b17-5-. The SMILES string of the molecule is CC(C)Oc1c(Cl)cc(/C=N\n2cnnc2)cc1Cl. The van der Waals surface area contributed by atoms with Crippen LogP contribution in [0.2, 0.25) is 10.0 Å². The number of hydrogen-bond acceptors (Lipinski definition) is 4. The molecule has 0 saturated carbocycles. The van der Waals surface area contributed by atoms with Crippen LogP contribution in [-0.2, 0) is 0 Å². The number of hydrogen-bond donors (Lipinski definition) is 0. The fraction of sp³-hybridized carbons (Fsp3) is 0.250. The molecule has 0 unspecified atom stereocenters. The summed E-state index contributed by atoms with van der Waals surface area (Å²) in [6.45, 7) is 3.82. The van der Waals surface area contributed by atoms with Crippen LogP contribution >= 0.6 is 23.2 Å². The molecule has 0 amide bonds. The third kappa shape index (κ3) is 3.68. The van der Waals surface area contributed by atoms with E-state index in [4.69, 9.17) is 27.9 Å². The second-order valence-corrected chi connectivity index (χ2v) is 4.88. The zero-order valence-electron chi connectivity index (χ0n) is 10.4. The zero-order chi connectivity index (χ0) is 13.8. The Morgan fingerprint density at radius 1 is 1.21 bits per heavy atom. The Balaban J connectivity index is 2.24. The monoisotopic (exact) mass is 298 g/mol. The lowest BCUT2D eigenvalue weighted by Gasteiger charge is -2.13. The van der Waals surface area contributed by atoms with Gasteiger partial charge in [-0.25, -0.2) is 4.68 Å². The van der Waals surface area contributed by atoms with Gasteiger partial charge in [-0.05, 0) is 31.5 Å². The third-order valence-corrected chi connectivity index (χ3v) is 2.68. The summed E-state index contributed by atoms with van der Waals surface area (Å²) in [5.74, 6) is 0.486. The number of benzene rings is 1. The Kier molecular flexibility index (Phi) is 4.39. The van der Waals surface area contributed by atoms with Gasteiger partial charge in [-0.2, -0.15) is 5.10 Å². The molecule has 1 heterocycles. The largest absolute Gasteiger partial charge is 0.488 e. The van der Waals surface area contributed by atoms with Crippen molar-refractivity contribution in [3.63, 3.8) is 0 Å². The van der Waals surface area contributed by atoms with Crippen LogP contribution in [0.25, 0.3) is 0 Å². The van der Waals surface area contributed by atoms with Crippen molar-refractivity contribution in [3.8, 4) is 5.75 Å². The molecular weight excluding hydrogens is 287 g/mol. The molecule has 1 aromatic heterocycles. The molecule has 0 fully saturated rings. The summed E-state index contributed by atoms with van der Waals surface area (Å²) in [6.07, 6.45) is 4.58. The normalized spacial score (nSPS) is 11.4. The van der Waals surface area contributed by atoms with Gasteiger partial charge >= 0.3 is 0 Å². The van der Waals surface area contributed by atoms with Gasteiger partial charge in [-0.1, -0.05) is 23.2 Å². The van der Waals surface area contributed by atoms with Gasteiger partial charge in [0.1, 0.15) is 12.7 Å². The maximum absolute atomic E-state index is 6.14. The number of nitrogens with zero attached hydrogens (tertiary/aromatic N) is 4. The Morgan fingerprint density at radius 3 is 2.32 bits per heavy atom. The van der Waals surface area contributed by atoms with Crippen LogP contribution in [0, 0.1) is 0 Å². The van der Waals surface area contributed by atoms with E-state index in [9.17, 15) is 0 Å². The van der Waals surface area contributed by atoms with Gasteiger partial charge in [0, 0.05) is 0 Å². The minimum absolute atomic E-state index is 0.00606. The first-order valence-electron chi connectivity index (χ1n) is 5.61. The van der Waals surface area contributed by atoms with Crippen LogP contribution in [0.15, 0.2) is 29.9 Å². The molecule has 0 aliphatic rings. The predicted octanol–water partition coefficient (Wildman–Crippen LogP) is 3.25. The quantitative estimate of drug-likeness (QED) is 0.814. The maximum atomic E-state index is 6.14. The van der Waals surface area contributed by atoms with Crippen molar-refractivity contribution in [2.75, 3.05) is 0 Å². The first-order valence-corrected chi connectivity index (χ1v) is 6.36. The van der Waals surface area contributed by atoms with E-state index in [-0.39, 0.29) is 6.10 Å². The molecule has 0 radical (unpaired) electrons. The molecule has 1 aromatic carbocycles. The smallest absolute Gasteiger partial charge is 0.156 e. The van der Waals surface area contributed by atoms with Crippen LogP contribution in [-0.4, -0.2) is 27.2 Å². The second-order valence-electron chi connectivity index (χ2n) is 4.07. The van der Waals surface area contributed by atoms with Crippen LogP contribution in [0.5, 0.6) is 5.75 Å². The molecule has 2 rings (SSSR count). The number of ether oxygens (including phenoxy) is 1. The van der Waals surface area contributed by atoms with Crippen molar-refractivity contribution in [2.24, 2.45) is 5.10 Å². The molecule has 0 spiro atoms. The van der Waals surface area contributed by atoms with Crippen molar-refractivity contribution in [1.82, 2.24) is 14.9 Å². The molecule has 0 atom stereocenters. The Morgan fingerprint density at radius 2 is 1.79 bits per heavy atom. The van der Waals surface area contributed by atoms with Crippen LogP contribution in [0.1, 0.15) is 19.4 Å². The van der Waals surface area contributed by atoms with Crippen molar-refractivity contribution in [2.45, 2.75) is 20.0 Å². The molecule has 7 heteroatoms. The second kappa shape index (κ2) is 6.04. The van der Waals surface area contributed by atoms with Crippen molar-refractivity contribution in [1.29, 1.82) is 0 Å². The van der Waals surface area contributed by atoms with Crippen molar-refractivity contribution < 1.29 is 4.74 Å². The van der Waals surface area contributed by atoms with Gasteiger partial charge in [0.15, 0.2) is 5.75 Å². The zero-order valence-corrected chi connectivity index (χ0v) is 11.9. The van der Waals surface area contributed by atoms with Crippen molar-refractivity contribution in [3.05, 3.63) is 40.4 Å². The molecule has 2 aromatic rings. The first kappa shape index (κ1) is 13.8. The summed E-state index contributed by atoms with van der Waals surface area (Å²) in [5.41, 5.74) is 0.764. The van der Waals surface area contributed by atoms with Gasteiger partial charge in [-0.15, -0.1) is 10.2 Å². The highest BCUT2D eigenvalue weighted by Gasteiger charge is 2.10. The van der Waals surface area contributed by atoms with Gasteiger partial charge in [0.25, 0.3) is 0 Å². The third-order valence-electron chi connectivity index (χ3n) is 2.12. The maximum Gasteiger partial charge on any atom is 0.156 e. The van der Waals surface area contributed by atoms with E-state index < -0.39 is 0 Å². The van der Waals surface area contributed by atoms with E-state index in [0.717, 1.165) is 5.56 Å². The summed E-state index contributed by atoms with van der Waals surface area (Å²) >= 11 is 12.3. The number of rotatable bonds is 4. The molecule has 0 saturated heterocycles. The summed E-state index contributed by atoms with van der Waals surface area (Å²) in [6, 6.07) is 3.47. The molecule has 100 valence electrons. The van der Waals surface area contributed by atoms with E-state index >= 15 is 0 Å². The van der Waals surface area contributed by atoms with Gasteiger partial charge in [0.05, 0.1) is 22.4 Å². The highest BCUT2D eigenvalue weighted by Crippen LogP contribution is 2.34. The molecule has 0 bridgehead atoms. The van der Waals surface area contributed by atoms with E-state index in [0.29, 0.717) is 15.8 Å². The minimum atomic E-state index is 0.00606. The molecule has 0 N–H and O–H groups in total. The first-order chi connectivity index (χ1) is 9.06. The molecule has 5 nitrogen and oxygen atoms in total. The van der Waals surface area contributed by atoms with E-state index in [1.54, 1.807) is 18.3 Å². The van der Waals surface area contributed by atoms with Crippen molar-refractivity contribution >= 4 is 29.4 Å². The lowest BCUT2D eigenvalue weighted by molar-refractivity contribution is 0.243. The van der Waals surface area contributed by atoms with Crippen LogP contribution < -0.4 is 4.74 Å². The molecule has 19 heavy (non-hydrogen) atoms. The Hall–Kier alpha value is -1.59. The highest BCUT2D eigenvalue weighted by atomic mass is 35.5. The average molecular weight is 299 g/mol. The minimum Gasteiger partial charge on any atom is -0.488 e. The lowest BCUT2D eigenvalue weighted by Crippen LogP contribution is -2.06. The van der Waals surface area contributed by atoms with Gasteiger partial charge < -0.3 is 4.74 Å². The van der Waals surface area contributed by atoms with E-state index in [2.05, 4.69) is 15.3 Å². The van der Waals surface area contributed by atoms with Crippen LogP contribution in [0.3, 0.4) is 0 Å². The lowest BCUT2D eigenvalue weighted by atomic mass is 10.2. The Bertz CT molecular complexity index is 558.